The van der Waals surface area contributed by atoms with Crippen molar-refractivity contribution < 1.29 is 18.0 Å². The van der Waals surface area contributed by atoms with Gasteiger partial charge >= 0.3 is 0 Å². The molecule has 0 unspecified atom stereocenters. The predicted molar refractivity (Wildman–Crippen MR) is 70.0 cm³/mol. The predicted octanol–water partition coefficient (Wildman–Crippen LogP) is -0.00800. The molecule has 0 saturated carbocycles. The van der Waals surface area contributed by atoms with Crippen molar-refractivity contribution in [3.63, 3.8) is 0 Å². The highest BCUT2D eigenvalue weighted by atomic mass is 32.2. The second-order valence-electron chi connectivity index (χ2n) is 5.29. The minimum atomic E-state index is -3.43. The van der Waals surface area contributed by atoms with Gasteiger partial charge in [0.1, 0.15) is 10.6 Å². The van der Waals surface area contributed by atoms with Gasteiger partial charge in [0.2, 0.25) is 11.8 Å². The van der Waals surface area contributed by atoms with Gasteiger partial charge in [-0.1, -0.05) is 6.92 Å². The minimum Gasteiger partial charge on any atom is -0.342 e. The standard InChI is InChI=1S/C12H20N2O4S/c1-3-4-10(15)14-7-5-12(6-8-14)13(2)11(16)9-19(12,17)18/h3-9H2,1-2H3. The van der Waals surface area contributed by atoms with Crippen LogP contribution in [-0.4, -0.2) is 60.8 Å². The molecular weight excluding hydrogens is 268 g/mol. The van der Waals surface area contributed by atoms with E-state index in [9.17, 15) is 18.0 Å². The maximum Gasteiger partial charge on any atom is 0.238 e. The molecule has 6 nitrogen and oxygen atoms in total. The highest BCUT2D eigenvalue weighted by Gasteiger charge is 2.56. The number of likely N-dealkylation sites (tertiary alicyclic amines) is 1. The van der Waals surface area contributed by atoms with E-state index in [0.29, 0.717) is 32.4 Å². The van der Waals surface area contributed by atoms with Crippen molar-refractivity contribution in [2.75, 3.05) is 25.9 Å². The zero-order chi connectivity index (χ0) is 14.3. The monoisotopic (exact) mass is 288 g/mol. The number of hydrogen-bond donors (Lipinski definition) is 0. The number of piperidine rings is 1. The summed E-state index contributed by atoms with van der Waals surface area (Å²) in [6.07, 6.45) is 1.94. The fraction of sp³-hybridized carbons (Fsp3) is 0.833. The molecule has 19 heavy (non-hydrogen) atoms. The Morgan fingerprint density at radius 3 is 2.32 bits per heavy atom. The first-order valence-electron chi connectivity index (χ1n) is 6.61. The highest BCUT2D eigenvalue weighted by Crippen LogP contribution is 2.38. The van der Waals surface area contributed by atoms with E-state index in [1.54, 1.807) is 11.9 Å². The number of carbonyl (C=O) groups is 2. The average Bonchev–Trinajstić information content (AvgIpc) is 2.51. The van der Waals surface area contributed by atoms with Gasteiger partial charge in [0.05, 0.1) is 0 Å². The summed E-state index contributed by atoms with van der Waals surface area (Å²) in [5.41, 5.74) is 0. The Morgan fingerprint density at radius 1 is 1.32 bits per heavy atom. The van der Waals surface area contributed by atoms with Crippen molar-refractivity contribution in [1.29, 1.82) is 0 Å². The van der Waals surface area contributed by atoms with Crippen LogP contribution in [0.1, 0.15) is 32.6 Å². The van der Waals surface area contributed by atoms with E-state index >= 15 is 0 Å². The van der Waals surface area contributed by atoms with Crippen LogP contribution in [0.25, 0.3) is 0 Å². The van der Waals surface area contributed by atoms with Crippen molar-refractivity contribution in [2.24, 2.45) is 0 Å². The van der Waals surface area contributed by atoms with Crippen LogP contribution in [0.2, 0.25) is 0 Å². The number of rotatable bonds is 2. The van der Waals surface area contributed by atoms with Crippen LogP contribution in [0, 0.1) is 0 Å². The zero-order valence-electron chi connectivity index (χ0n) is 11.4. The fourth-order valence-electron chi connectivity index (χ4n) is 2.95. The van der Waals surface area contributed by atoms with Crippen molar-refractivity contribution in [3.05, 3.63) is 0 Å². The summed E-state index contributed by atoms with van der Waals surface area (Å²) >= 11 is 0. The summed E-state index contributed by atoms with van der Waals surface area (Å²) in [7, 11) is -1.88. The van der Waals surface area contributed by atoms with Crippen LogP contribution >= 0.6 is 0 Å². The molecule has 0 atom stereocenters. The van der Waals surface area contributed by atoms with Crippen molar-refractivity contribution in [1.82, 2.24) is 9.80 Å². The van der Waals surface area contributed by atoms with Gasteiger partial charge in [-0.2, -0.15) is 0 Å². The molecule has 2 aliphatic heterocycles. The van der Waals surface area contributed by atoms with Crippen LogP contribution in [0.4, 0.5) is 0 Å². The molecule has 0 aromatic carbocycles. The Labute approximate surface area is 113 Å². The summed E-state index contributed by atoms with van der Waals surface area (Å²) < 4.78 is 24.4. The van der Waals surface area contributed by atoms with Gasteiger partial charge in [0, 0.05) is 39.4 Å². The summed E-state index contributed by atoms with van der Waals surface area (Å²) in [4.78, 5) is 25.4. The van der Waals surface area contributed by atoms with Crippen LogP contribution in [-0.2, 0) is 19.4 Å². The average molecular weight is 288 g/mol. The molecule has 0 aromatic heterocycles. The summed E-state index contributed by atoms with van der Waals surface area (Å²) in [5, 5.41) is 0. The Hall–Kier alpha value is -1.11. The molecule has 0 bridgehead atoms. The van der Waals surface area contributed by atoms with Gasteiger partial charge in [0.25, 0.3) is 0 Å². The number of nitrogens with zero attached hydrogens (tertiary/aromatic N) is 2. The molecule has 2 amide bonds. The van der Waals surface area contributed by atoms with Crippen LogP contribution < -0.4 is 0 Å². The van der Waals surface area contributed by atoms with Crippen molar-refractivity contribution in [2.45, 2.75) is 37.5 Å². The summed E-state index contributed by atoms with van der Waals surface area (Å²) in [5.74, 6) is -0.665. The van der Waals surface area contributed by atoms with E-state index in [0.717, 1.165) is 6.42 Å². The van der Waals surface area contributed by atoms with Gasteiger partial charge in [-0.05, 0) is 6.42 Å². The third-order valence-corrected chi connectivity index (χ3v) is 6.71. The van der Waals surface area contributed by atoms with E-state index in [1.807, 2.05) is 6.92 Å². The molecule has 0 aromatic rings. The molecule has 0 aliphatic carbocycles. The second-order valence-corrected chi connectivity index (χ2v) is 7.57. The number of carbonyl (C=O) groups excluding carboxylic acids is 2. The van der Waals surface area contributed by atoms with Crippen LogP contribution in [0.5, 0.6) is 0 Å². The first kappa shape index (κ1) is 14.3. The molecule has 2 saturated heterocycles. The molecule has 0 radical (unpaired) electrons. The molecule has 2 aliphatic rings. The van der Waals surface area contributed by atoms with Gasteiger partial charge < -0.3 is 9.80 Å². The number of amides is 2. The summed E-state index contributed by atoms with van der Waals surface area (Å²) in [6.45, 7) is 2.77. The van der Waals surface area contributed by atoms with Gasteiger partial charge in [0.15, 0.2) is 9.84 Å². The van der Waals surface area contributed by atoms with Gasteiger partial charge in [-0.25, -0.2) is 8.42 Å². The molecule has 2 heterocycles. The second kappa shape index (κ2) is 4.77. The number of sulfone groups is 1. The lowest BCUT2D eigenvalue weighted by Crippen LogP contribution is -2.55. The topological polar surface area (TPSA) is 74.8 Å². The largest absolute Gasteiger partial charge is 0.342 e. The van der Waals surface area contributed by atoms with Crippen LogP contribution in [0.15, 0.2) is 0 Å². The SMILES string of the molecule is CCCC(=O)N1CCC2(CC1)N(C)C(=O)CS2(=O)=O. The van der Waals surface area contributed by atoms with E-state index in [4.69, 9.17) is 0 Å². The van der Waals surface area contributed by atoms with E-state index < -0.39 is 20.5 Å². The molecule has 108 valence electrons. The van der Waals surface area contributed by atoms with Crippen molar-refractivity contribution in [3.8, 4) is 0 Å². The summed E-state index contributed by atoms with van der Waals surface area (Å²) in [6, 6.07) is 0. The third-order valence-electron chi connectivity index (χ3n) is 4.24. The third kappa shape index (κ3) is 2.13. The lowest BCUT2D eigenvalue weighted by atomic mass is 10.0. The smallest absolute Gasteiger partial charge is 0.238 e. The van der Waals surface area contributed by atoms with Crippen molar-refractivity contribution >= 4 is 21.7 Å². The Bertz CT molecular complexity index is 492. The first-order valence-corrected chi connectivity index (χ1v) is 8.26. The lowest BCUT2D eigenvalue weighted by Gasteiger charge is -2.41. The maximum atomic E-state index is 12.2. The lowest BCUT2D eigenvalue weighted by molar-refractivity contribution is -0.134. The first-order chi connectivity index (χ1) is 8.84. The molecule has 0 N–H and O–H groups in total. The van der Waals surface area contributed by atoms with Crippen LogP contribution in [0.3, 0.4) is 0 Å². The molecule has 1 spiro atoms. The number of hydrogen-bond acceptors (Lipinski definition) is 4. The van der Waals surface area contributed by atoms with Gasteiger partial charge in [-0.3, -0.25) is 9.59 Å². The van der Waals surface area contributed by atoms with E-state index in [1.165, 1.54) is 4.90 Å². The van der Waals surface area contributed by atoms with E-state index in [2.05, 4.69) is 0 Å². The molecular formula is C12H20N2O4S. The molecule has 2 fully saturated rings. The Kier molecular flexibility index (Phi) is 3.59. The van der Waals surface area contributed by atoms with E-state index in [-0.39, 0.29) is 11.8 Å². The zero-order valence-corrected chi connectivity index (χ0v) is 12.2. The quantitative estimate of drug-likeness (QED) is 0.716. The Morgan fingerprint density at radius 2 is 1.89 bits per heavy atom. The minimum absolute atomic E-state index is 0.0710. The normalized spacial score (nSPS) is 25.1. The molecule has 7 heteroatoms. The highest BCUT2D eigenvalue weighted by molar-refractivity contribution is 7.93. The van der Waals surface area contributed by atoms with Gasteiger partial charge in [-0.15, -0.1) is 0 Å². The maximum absolute atomic E-state index is 12.2. The fourth-order valence-corrected chi connectivity index (χ4v) is 5.06. The molecule has 2 rings (SSSR count). The Balaban J connectivity index is 2.14.